The third-order valence-electron chi connectivity index (χ3n) is 4.99. The van der Waals surface area contributed by atoms with Crippen molar-refractivity contribution in [3.8, 4) is 11.4 Å². The first-order chi connectivity index (χ1) is 13.7. The summed E-state index contributed by atoms with van der Waals surface area (Å²) in [6.45, 7) is 1.25. The second-order valence-electron chi connectivity index (χ2n) is 6.79. The summed E-state index contributed by atoms with van der Waals surface area (Å²) < 4.78 is 11.9. The maximum Gasteiger partial charge on any atom is 0.348 e. The smallest absolute Gasteiger partial charge is 0.348 e. The number of methoxy groups -OCH3 is 1. The van der Waals surface area contributed by atoms with E-state index in [2.05, 4.69) is 15.4 Å². The monoisotopic (exact) mass is 383 g/mol. The number of para-hydroxylation sites is 2. The Morgan fingerprint density at radius 3 is 3.00 bits per heavy atom. The van der Waals surface area contributed by atoms with Gasteiger partial charge in [-0.05, 0) is 30.9 Å². The van der Waals surface area contributed by atoms with E-state index in [4.69, 9.17) is 9.26 Å². The Morgan fingerprint density at radius 1 is 1.36 bits per heavy atom. The molecule has 3 aromatic rings. The summed E-state index contributed by atoms with van der Waals surface area (Å²) in [6.07, 6.45) is 3.86. The molecule has 0 spiro atoms. The van der Waals surface area contributed by atoms with Crippen LogP contribution in [0.3, 0.4) is 0 Å². The number of likely N-dealkylation sites (tertiary alicyclic amines) is 1. The van der Waals surface area contributed by atoms with Crippen LogP contribution in [0, 0.1) is 5.92 Å². The van der Waals surface area contributed by atoms with Crippen LogP contribution in [-0.4, -0.2) is 50.9 Å². The molecule has 9 heteroatoms. The number of H-pyrrole nitrogens is 1. The number of hydrogen-bond acceptors (Lipinski definition) is 6. The fraction of sp³-hybridized carbons (Fsp3) is 0.368. The van der Waals surface area contributed by atoms with Crippen LogP contribution in [0.25, 0.3) is 5.69 Å². The van der Waals surface area contributed by atoms with E-state index in [1.807, 2.05) is 18.2 Å². The Hall–Kier alpha value is -3.36. The van der Waals surface area contributed by atoms with Gasteiger partial charge in [0.15, 0.2) is 0 Å². The van der Waals surface area contributed by atoms with Gasteiger partial charge < -0.3 is 14.2 Å². The Labute approximate surface area is 160 Å². The van der Waals surface area contributed by atoms with Crippen LogP contribution in [0.4, 0.5) is 0 Å². The van der Waals surface area contributed by atoms with E-state index in [1.165, 1.54) is 10.8 Å². The molecule has 1 aliphatic rings. The Morgan fingerprint density at radius 2 is 2.21 bits per heavy atom. The molecule has 0 bridgehead atoms. The molecule has 1 saturated heterocycles. The molecule has 1 amide bonds. The fourth-order valence-corrected chi connectivity index (χ4v) is 3.69. The summed E-state index contributed by atoms with van der Waals surface area (Å²) in [4.78, 5) is 26.7. The lowest BCUT2D eigenvalue weighted by molar-refractivity contribution is 0.0630. The van der Waals surface area contributed by atoms with Crippen molar-refractivity contribution < 1.29 is 14.1 Å². The lowest BCUT2D eigenvalue weighted by Gasteiger charge is -2.32. The minimum Gasteiger partial charge on any atom is -0.495 e. The van der Waals surface area contributed by atoms with Gasteiger partial charge in [0, 0.05) is 25.6 Å². The maximum atomic E-state index is 12.5. The molecule has 1 aromatic carbocycles. The van der Waals surface area contributed by atoms with Gasteiger partial charge in [0.2, 0.25) is 5.76 Å². The van der Waals surface area contributed by atoms with Crippen LogP contribution in [0.15, 0.2) is 45.8 Å². The van der Waals surface area contributed by atoms with Crippen molar-refractivity contribution in [2.45, 2.75) is 19.3 Å². The van der Waals surface area contributed by atoms with Crippen LogP contribution < -0.4 is 10.4 Å². The van der Waals surface area contributed by atoms with Gasteiger partial charge >= 0.3 is 5.69 Å². The van der Waals surface area contributed by atoms with Crippen molar-refractivity contribution in [1.29, 1.82) is 0 Å². The first-order valence-electron chi connectivity index (χ1n) is 9.17. The lowest BCUT2D eigenvalue weighted by Crippen LogP contribution is -2.40. The van der Waals surface area contributed by atoms with Gasteiger partial charge in [-0.3, -0.25) is 4.79 Å². The summed E-state index contributed by atoms with van der Waals surface area (Å²) in [5, 5.41) is 10.4. The van der Waals surface area contributed by atoms with E-state index >= 15 is 0 Å². The molecule has 1 N–H and O–H groups in total. The molecule has 146 valence electrons. The quantitative estimate of drug-likeness (QED) is 0.718. The Bertz CT molecular complexity index is 1010. The second kappa shape index (κ2) is 7.71. The van der Waals surface area contributed by atoms with E-state index < -0.39 is 0 Å². The summed E-state index contributed by atoms with van der Waals surface area (Å²) in [5.74, 6) is 1.48. The van der Waals surface area contributed by atoms with E-state index in [9.17, 15) is 9.59 Å². The van der Waals surface area contributed by atoms with Gasteiger partial charge in [0.05, 0.1) is 19.0 Å². The predicted molar refractivity (Wildman–Crippen MR) is 99.6 cm³/mol. The summed E-state index contributed by atoms with van der Waals surface area (Å²) in [5.41, 5.74) is 0.328. The molecule has 9 nitrogen and oxygen atoms in total. The van der Waals surface area contributed by atoms with Crippen LogP contribution >= 0.6 is 0 Å². The van der Waals surface area contributed by atoms with Gasteiger partial charge in [-0.15, -0.1) is 0 Å². The molecule has 0 saturated carbocycles. The number of carbonyl (C=O) groups is 1. The van der Waals surface area contributed by atoms with Crippen molar-refractivity contribution in [3.05, 3.63) is 58.6 Å². The highest BCUT2D eigenvalue weighted by atomic mass is 16.5. The standard InChI is InChI=1S/C19H21N5O4/c1-27-15-7-3-2-6-14(15)24-17(21-22-19(24)26)11-13-5-4-10-23(12-13)18(25)16-8-9-20-28-16/h2-3,6-9,13H,4-5,10-12H2,1H3,(H,22,26)/t13-/m1/s1. The SMILES string of the molecule is COc1ccccc1-n1c(C[C@H]2CCCN(C(=O)c3ccno3)C2)n[nH]c1=O. The van der Waals surface area contributed by atoms with Crippen molar-refractivity contribution >= 4 is 5.91 Å². The largest absolute Gasteiger partial charge is 0.495 e. The van der Waals surface area contributed by atoms with E-state index in [1.54, 1.807) is 24.1 Å². The van der Waals surface area contributed by atoms with Gasteiger partial charge in [-0.2, -0.15) is 5.10 Å². The van der Waals surface area contributed by atoms with Crippen LogP contribution in [-0.2, 0) is 6.42 Å². The van der Waals surface area contributed by atoms with Gasteiger partial charge in [-0.25, -0.2) is 14.5 Å². The van der Waals surface area contributed by atoms with E-state index in [0.29, 0.717) is 36.8 Å². The van der Waals surface area contributed by atoms with Crippen LogP contribution in [0.1, 0.15) is 29.2 Å². The zero-order chi connectivity index (χ0) is 19.5. The topological polar surface area (TPSA) is 106 Å². The first-order valence-corrected chi connectivity index (χ1v) is 9.17. The lowest BCUT2D eigenvalue weighted by atomic mass is 9.94. The molecular weight excluding hydrogens is 362 g/mol. The number of aromatic nitrogens is 4. The highest BCUT2D eigenvalue weighted by molar-refractivity contribution is 5.91. The molecule has 0 unspecified atom stereocenters. The van der Waals surface area contributed by atoms with Crippen molar-refractivity contribution in [1.82, 2.24) is 24.8 Å². The van der Waals surface area contributed by atoms with E-state index in [0.717, 1.165) is 12.8 Å². The average Bonchev–Trinajstić information content (AvgIpc) is 3.38. The van der Waals surface area contributed by atoms with E-state index in [-0.39, 0.29) is 23.3 Å². The third kappa shape index (κ3) is 3.42. The Kier molecular flexibility index (Phi) is 4.96. The molecule has 28 heavy (non-hydrogen) atoms. The number of nitrogens with zero attached hydrogens (tertiary/aromatic N) is 4. The molecule has 0 radical (unpaired) electrons. The molecule has 3 heterocycles. The number of ether oxygens (including phenoxy) is 1. The van der Waals surface area contributed by atoms with Gasteiger partial charge in [0.1, 0.15) is 11.6 Å². The normalized spacial score (nSPS) is 16.9. The zero-order valence-corrected chi connectivity index (χ0v) is 15.5. The highest BCUT2D eigenvalue weighted by Crippen LogP contribution is 2.25. The molecule has 4 rings (SSSR count). The summed E-state index contributed by atoms with van der Waals surface area (Å²) >= 11 is 0. The minimum atomic E-state index is -0.315. The molecule has 1 aliphatic heterocycles. The molecule has 2 aromatic heterocycles. The number of aromatic amines is 1. The van der Waals surface area contributed by atoms with Crippen molar-refractivity contribution in [2.24, 2.45) is 5.92 Å². The van der Waals surface area contributed by atoms with Crippen molar-refractivity contribution in [3.63, 3.8) is 0 Å². The average molecular weight is 383 g/mol. The molecular formula is C19H21N5O4. The number of nitrogens with one attached hydrogen (secondary N) is 1. The number of amides is 1. The third-order valence-corrected chi connectivity index (χ3v) is 4.99. The zero-order valence-electron chi connectivity index (χ0n) is 15.5. The van der Waals surface area contributed by atoms with Gasteiger partial charge in [-0.1, -0.05) is 17.3 Å². The second-order valence-corrected chi connectivity index (χ2v) is 6.79. The summed E-state index contributed by atoms with van der Waals surface area (Å²) in [6, 6.07) is 8.89. The highest BCUT2D eigenvalue weighted by Gasteiger charge is 2.28. The first kappa shape index (κ1) is 18.0. The van der Waals surface area contributed by atoms with Crippen LogP contribution in [0.5, 0.6) is 5.75 Å². The number of carbonyl (C=O) groups excluding carboxylic acids is 1. The molecule has 1 fully saturated rings. The van der Waals surface area contributed by atoms with Crippen molar-refractivity contribution in [2.75, 3.05) is 20.2 Å². The number of hydrogen-bond donors (Lipinski definition) is 1. The predicted octanol–water partition coefficient (Wildman–Crippen LogP) is 1.65. The van der Waals surface area contributed by atoms with Crippen LogP contribution in [0.2, 0.25) is 0 Å². The number of piperidine rings is 1. The molecule has 1 atom stereocenters. The van der Waals surface area contributed by atoms with Gasteiger partial charge in [0.25, 0.3) is 5.91 Å². The minimum absolute atomic E-state index is 0.161. The molecule has 0 aliphatic carbocycles. The fourth-order valence-electron chi connectivity index (χ4n) is 3.69. The Balaban J connectivity index is 1.55. The maximum absolute atomic E-state index is 12.5. The number of rotatable bonds is 5. The number of benzene rings is 1. The summed E-state index contributed by atoms with van der Waals surface area (Å²) in [7, 11) is 1.57.